The number of thiazole rings is 1. The number of anilines is 1. The smallest absolute Gasteiger partial charge is 0.410 e. The number of hydrogen-bond acceptors (Lipinski definition) is 7. The van der Waals surface area contributed by atoms with Crippen molar-refractivity contribution in [1.82, 2.24) is 9.88 Å². The van der Waals surface area contributed by atoms with Crippen LogP contribution in [0.2, 0.25) is 5.02 Å². The van der Waals surface area contributed by atoms with Crippen LogP contribution in [0.1, 0.15) is 42.3 Å². The summed E-state index contributed by atoms with van der Waals surface area (Å²) < 4.78 is 5.40. The number of rotatable bonds is 8. The number of carbonyl (C=O) groups excluding carboxylic acids is 1. The Kier molecular flexibility index (Phi) is 8.70. The second-order valence-corrected chi connectivity index (χ2v) is 10.3. The van der Waals surface area contributed by atoms with Crippen molar-refractivity contribution in [2.24, 2.45) is 5.10 Å². The average molecular weight is 529 g/mol. The van der Waals surface area contributed by atoms with Crippen LogP contribution in [0.15, 0.2) is 52.9 Å². The minimum Gasteiger partial charge on any atom is -0.478 e. The maximum absolute atomic E-state index is 12.3. The summed E-state index contributed by atoms with van der Waals surface area (Å²) in [5.74, 6) is -1.06. The number of aromatic nitrogens is 1. The number of likely N-dealkylation sites (N-methyl/N-ethyl adjacent to an activating group) is 1. The van der Waals surface area contributed by atoms with E-state index in [1.807, 2.05) is 35.7 Å². The minimum atomic E-state index is -1.06. The Morgan fingerprint density at radius 2 is 1.89 bits per heavy atom. The fraction of sp³-hybridized carbons (Fsp3) is 0.308. The van der Waals surface area contributed by atoms with Gasteiger partial charge in [0.2, 0.25) is 5.13 Å². The zero-order valence-electron chi connectivity index (χ0n) is 20.9. The van der Waals surface area contributed by atoms with E-state index >= 15 is 0 Å². The van der Waals surface area contributed by atoms with Crippen LogP contribution < -0.4 is 5.01 Å². The summed E-state index contributed by atoms with van der Waals surface area (Å²) in [5.41, 5.74) is 2.31. The molecule has 0 radical (unpaired) electrons. The monoisotopic (exact) mass is 528 g/mol. The molecule has 0 bridgehead atoms. The fourth-order valence-corrected chi connectivity index (χ4v) is 4.27. The van der Waals surface area contributed by atoms with Crippen LogP contribution >= 0.6 is 22.9 Å². The topological polar surface area (TPSA) is 95.3 Å². The Morgan fingerprint density at radius 1 is 1.17 bits per heavy atom. The standard InChI is InChI=1S/C26H29ClN4O4S/c1-26(2,3)35-25(34)30(4)14-13-17-9-8-11-18(23(32)33)20(17)15-28-31(5)24-29-22(16-36-24)19-10-6-7-12-21(19)27/h6-12,15-16H,13-14H2,1-5H3,(H,32,33)/b28-15+. The van der Waals surface area contributed by atoms with Gasteiger partial charge in [0.05, 0.1) is 17.5 Å². The van der Waals surface area contributed by atoms with Gasteiger partial charge in [0.15, 0.2) is 0 Å². The predicted molar refractivity (Wildman–Crippen MR) is 145 cm³/mol. The van der Waals surface area contributed by atoms with Crippen molar-refractivity contribution < 1.29 is 19.4 Å². The SMILES string of the molecule is CN(CCc1cccc(C(=O)O)c1/C=N/N(C)c1nc(-c2ccccc2Cl)cs1)C(=O)OC(C)(C)C. The molecule has 0 spiro atoms. The molecule has 1 aromatic heterocycles. The molecular formula is C26H29ClN4O4S. The molecule has 0 saturated heterocycles. The van der Waals surface area contributed by atoms with Gasteiger partial charge in [-0.05, 0) is 44.9 Å². The van der Waals surface area contributed by atoms with Gasteiger partial charge in [0, 0.05) is 42.2 Å². The summed E-state index contributed by atoms with van der Waals surface area (Å²) in [6.45, 7) is 5.77. The van der Waals surface area contributed by atoms with Crippen molar-refractivity contribution in [2.75, 3.05) is 25.6 Å². The molecule has 10 heteroatoms. The van der Waals surface area contributed by atoms with E-state index in [1.165, 1.54) is 28.5 Å². The highest BCUT2D eigenvalue weighted by Crippen LogP contribution is 2.31. The number of ether oxygens (including phenoxy) is 1. The number of hydrazone groups is 1. The number of nitrogens with zero attached hydrogens (tertiary/aromatic N) is 4. The number of halogens is 1. The van der Waals surface area contributed by atoms with Gasteiger partial charge in [0.1, 0.15) is 5.60 Å². The van der Waals surface area contributed by atoms with E-state index in [9.17, 15) is 14.7 Å². The fourth-order valence-electron chi connectivity index (χ4n) is 3.29. The predicted octanol–water partition coefficient (Wildman–Crippen LogP) is 6.04. The van der Waals surface area contributed by atoms with E-state index in [1.54, 1.807) is 45.9 Å². The largest absolute Gasteiger partial charge is 0.478 e. The van der Waals surface area contributed by atoms with E-state index in [0.717, 1.165) is 16.8 Å². The van der Waals surface area contributed by atoms with Gasteiger partial charge in [0.25, 0.3) is 0 Å². The lowest BCUT2D eigenvalue weighted by Gasteiger charge is -2.24. The lowest BCUT2D eigenvalue weighted by molar-refractivity contribution is 0.0300. The minimum absolute atomic E-state index is 0.125. The lowest BCUT2D eigenvalue weighted by atomic mass is 9.99. The molecule has 0 fully saturated rings. The molecule has 3 rings (SSSR count). The first-order valence-electron chi connectivity index (χ1n) is 11.2. The summed E-state index contributed by atoms with van der Waals surface area (Å²) >= 11 is 7.69. The van der Waals surface area contributed by atoms with Gasteiger partial charge in [-0.2, -0.15) is 5.10 Å². The summed E-state index contributed by atoms with van der Waals surface area (Å²) in [4.78, 5) is 30.3. The lowest BCUT2D eigenvalue weighted by Crippen LogP contribution is -2.35. The summed E-state index contributed by atoms with van der Waals surface area (Å²) in [6, 6.07) is 12.5. The molecule has 0 aliphatic heterocycles. The van der Waals surface area contributed by atoms with Gasteiger partial charge in [-0.1, -0.05) is 41.9 Å². The highest BCUT2D eigenvalue weighted by atomic mass is 35.5. The number of carboxylic acids is 1. The Morgan fingerprint density at radius 3 is 2.56 bits per heavy atom. The molecule has 0 atom stereocenters. The van der Waals surface area contributed by atoms with Crippen LogP contribution in [0.5, 0.6) is 0 Å². The van der Waals surface area contributed by atoms with Crippen molar-refractivity contribution in [1.29, 1.82) is 0 Å². The zero-order chi connectivity index (χ0) is 26.5. The second kappa shape index (κ2) is 11.5. The molecule has 1 amide bonds. The number of carboxylic acid groups (broad SMARTS) is 1. The highest BCUT2D eigenvalue weighted by molar-refractivity contribution is 7.14. The first-order valence-corrected chi connectivity index (χ1v) is 12.5. The summed E-state index contributed by atoms with van der Waals surface area (Å²) in [6.07, 6.45) is 1.50. The molecule has 0 aliphatic rings. The van der Waals surface area contributed by atoms with Crippen LogP contribution in [0.25, 0.3) is 11.3 Å². The molecule has 2 aromatic carbocycles. The molecule has 36 heavy (non-hydrogen) atoms. The van der Waals surface area contributed by atoms with Crippen molar-refractivity contribution >= 4 is 46.3 Å². The highest BCUT2D eigenvalue weighted by Gasteiger charge is 2.20. The molecule has 1 heterocycles. The average Bonchev–Trinajstić information content (AvgIpc) is 3.30. The normalized spacial score (nSPS) is 11.5. The maximum Gasteiger partial charge on any atom is 0.410 e. The third-order valence-corrected chi connectivity index (χ3v) is 6.36. The van der Waals surface area contributed by atoms with Crippen molar-refractivity contribution in [3.05, 3.63) is 69.6 Å². The molecule has 0 saturated carbocycles. The van der Waals surface area contributed by atoms with Crippen LogP contribution in [0, 0.1) is 0 Å². The van der Waals surface area contributed by atoms with Gasteiger partial charge in [-0.15, -0.1) is 11.3 Å². The van der Waals surface area contributed by atoms with Crippen LogP contribution in [-0.4, -0.2) is 59.5 Å². The second-order valence-electron chi connectivity index (χ2n) is 9.10. The summed E-state index contributed by atoms with van der Waals surface area (Å²) in [7, 11) is 3.39. The van der Waals surface area contributed by atoms with Gasteiger partial charge < -0.3 is 14.7 Å². The molecule has 1 N–H and O–H groups in total. The number of aromatic carboxylic acids is 1. The Bertz CT molecular complexity index is 1270. The maximum atomic E-state index is 12.3. The van der Waals surface area contributed by atoms with Crippen LogP contribution in [0.4, 0.5) is 9.93 Å². The molecule has 0 unspecified atom stereocenters. The zero-order valence-corrected chi connectivity index (χ0v) is 22.4. The van der Waals surface area contributed by atoms with E-state index in [-0.39, 0.29) is 5.56 Å². The number of hydrogen-bond donors (Lipinski definition) is 1. The molecule has 3 aromatic rings. The van der Waals surface area contributed by atoms with E-state index in [0.29, 0.717) is 28.7 Å². The van der Waals surface area contributed by atoms with E-state index in [2.05, 4.69) is 10.1 Å². The van der Waals surface area contributed by atoms with Gasteiger partial charge >= 0.3 is 12.1 Å². The number of benzene rings is 2. The first-order chi connectivity index (χ1) is 17.0. The third-order valence-electron chi connectivity index (χ3n) is 5.13. The molecular weight excluding hydrogens is 500 g/mol. The third kappa shape index (κ3) is 7.05. The Balaban J connectivity index is 1.80. The van der Waals surface area contributed by atoms with E-state index in [4.69, 9.17) is 16.3 Å². The quantitative estimate of drug-likeness (QED) is 0.283. The van der Waals surface area contributed by atoms with Crippen molar-refractivity contribution in [3.63, 3.8) is 0 Å². The molecule has 8 nitrogen and oxygen atoms in total. The molecule has 190 valence electrons. The van der Waals surface area contributed by atoms with Gasteiger partial charge in [-0.25, -0.2) is 19.6 Å². The number of carbonyl (C=O) groups is 2. The van der Waals surface area contributed by atoms with Gasteiger partial charge in [-0.3, -0.25) is 0 Å². The van der Waals surface area contributed by atoms with Crippen molar-refractivity contribution in [2.45, 2.75) is 32.8 Å². The Hall–Kier alpha value is -3.43. The van der Waals surface area contributed by atoms with Crippen molar-refractivity contribution in [3.8, 4) is 11.3 Å². The van der Waals surface area contributed by atoms with Crippen LogP contribution in [-0.2, 0) is 11.2 Å². The first kappa shape index (κ1) is 27.2. The number of amides is 1. The Labute approximate surface area is 219 Å². The molecule has 0 aliphatic carbocycles. The van der Waals surface area contributed by atoms with E-state index < -0.39 is 17.7 Å². The van der Waals surface area contributed by atoms with Crippen LogP contribution in [0.3, 0.4) is 0 Å². The summed E-state index contributed by atoms with van der Waals surface area (Å²) in [5, 5.41) is 18.9.